The minimum Gasteiger partial charge on any atom is -0.335 e. The van der Waals surface area contributed by atoms with E-state index in [0.717, 1.165) is 15.9 Å². The molecule has 0 bridgehead atoms. The van der Waals surface area contributed by atoms with Gasteiger partial charge < -0.3 is 4.90 Å². The third-order valence-corrected chi connectivity index (χ3v) is 7.67. The first-order chi connectivity index (χ1) is 11.3. The van der Waals surface area contributed by atoms with Crippen molar-refractivity contribution in [1.82, 2.24) is 4.90 Å². The zero-order valence-electron chi connectivity index (χ0n) is 13.7. The number of benzene rings is 1. The van der Waals surface area contributed by atoms with Gasteiger partial charge in [0.1, 0.15) is 0 Å². The molecule has 0 aliphatic carbocycles. The number of nitrogens with zero attached hydrogens (tertiary/aromatic N) is 3. The van der Waals surface area contributed by atoms with E-state index in [4.69, 9.17) is 0 Å². The molecular formula is C16H16BrN3O2S2. The van der Waals surface area contributed by atoms with E-state index in [2.05, 4.69) is 21.0 Å². The molecule has 1 aromatic rings. The highest BCUT2D eigenvalue weighted by molar-refractivity contribution is 9.10. The second kappa shape index (κ2) is 6.24. The molecule has 2 heterocycles. The maximum atomic E-state index is 12.0. The number of carbonyl (C=O) groups excluding carboxylic acids is 2. The summed E-state index contributed by atoms with van der Waals surface area (Å²) in [6.07, 6.45) is 0. The Balaban J connectivity index is 2.08. The summed E-state index contributed by atoms with van der Waals surface area (Å²) in [5.74, 6) is -0.0595. The van der Waals surface area contributed by atoms with Crippen molar-refractivity contribution in [3.05, 3.63) is 39.3 Å². The average molecular weight is 426 g/mol. The highest BCUT2D eigenvalue weighted by atomic mass is 79.9. The Labute approximate surface area is 157 Å². The van der Waals surface area contributed by atoms with Crippen molar-refractivity contribution in [2.45, 2.75) is 25.1 Å². The lowest BCUT2D eigenvalue weighted by Crippen LogP contribution is -2.47. The fourth-order valence-electron chi connectivity index (χ4n) is 2.53. The molecule has 1 aromatic carbocycles. The number of Topliss-reactive ketones (excluding diaryl/α,β-unsaturated/α-hetero) is 2. The maximum absolute atomic E-state index is 12.0. The van der Waals surface area contributed by atoms with Gasteiger partial charge in [-0.25, -0.2) is 5.01 Å². The normalized spacial score (nSPS) is 23.3. The minimum atomic E-state index is -0.695. The van der Waals surface area contributed by atoms with E-state index in [-0.39, 0.29) is 11.6 Å². The predicted octanol–water partition coefficient (Wildman–Crippen LogP) is 4.02. The van der Waals surface area contributed by atoms with E-state index in [1.165, 1.54) is 30.4 Å². The first-order valence-electron chi connectivity index (χ1n) is 7.25. The highest BCUT2D eigenvalue weighted by Gasteiger charge is 2.55. The first-order valence-corrected chi connectivity index (χ1v) is 9.68. The average Bonchev–Trinajstić information content (AvgIpc) is 3.03. The van der Waals surface area contributed by atoms with Gasteiger partial charge in [0.15, 0.2) is 16.6 Å². The van der Waals surface area contributed by atoms with Gasteiger partial charge in [-0.2, -0.15) is 5.10 Å². The van der Waals surface area contributed by atoms with Gasteiger partial charge in [-0.05, 0) is 49.9 Å². The fraction of sp³-hybridized carbons (Fsp3) is 0.312. The number of anilines is 1. The topological polar surface area (TPSA) is 53.0 Å². The molecule has 0 saturated carbocycles. The molecule has 3 rings (SSSR count). The van der Waals surface area contributed by atoms with Crippen molar-refractivity contribution in [3.63, 3.8) is 0 Å². The van der Waals surface area contributed by atoms with Gasteiger partial charge >= 0.3 is 0 Å². The summed E-state index contributed by atoms with van der Waals surface area (Å²) in [7, 11) is 1.93. The number of ketones is 2. The van der Waals surface area contributed by atoms with Gasteiger partial charge in [-0.15, -0.1) is 0 Å². The molecule has 0 fully saturated rings. The van der Waals surface area contributed by atoms with Crippen LogP contribution in [0.15, 0.2) is 44.4 Å². The van der Waals surface area contributed by atoms with Crippen LogP contribution in [0.4, 0.5) is 5.69 Å². The van der Waals surface area contributed by atoms with Crippen molar-refractivity contribution in [2.24, 2.45) is 5.10 Å². The smallest absolute Gasteiger partial charge is 0.241 e. The first kappa shape index (κ1) is 17.6. The molecule has 0 saturated heterocycles. The minimum absolute atomic E-state index is 0.0221. The van der Waals surface area contributed by atoms with Crippen LogP contribution in [0.3, 0.4) is 0 Å². The third-order valence-electron chi connectivity index (χ3n) is 3.87. The van der Waals surface area contributed by atoms with Crippen molar-refractivity contribution in [2.75, 3.05) is 12.1 Å². The molecule has 1 spiro atoms. The maximum Gasteiger partial charge on any atom is 0.241 e. The summed E-state index contributed by atoms with van der Waals surface area (Å²) >= 11 is 6.25. The molecular weight excluding hydrogens is 410 g/mol. The van der Waals surface area contributed by atoms with E-state index in [1.807, 2.05) is 48.1 Å². The summed E-state index contributed by atoms with van der Waals surface area (Å²) in [6.45, 7) is 5.00. The molecule has 126 valence electrons. The number of hydrogen-bond acceptors (Lipinski definition) is 7. The Morgan fingerprint density at radius 1 is 1.12 bits per heavy atom. The van der Waals surface area contributed by atoms with Crippen molar-refractivity contribution in [1.29, 1.82) is 0 Å². The van der Waals surface area contributed by atoms with Crippen LogP contribution >= 0.6 is 39.5 Å². The quantitative estimate of drug-likeness (QED) is 0.728. The molecule has 5 nitrogen and oxygen atoms in total. The van der Waals surface area contributed by atoms with E-state index >= 15 is 0 Å². The predicted molar refractivity (Wildman–Crippen MR) is 104 cm³/mol. The lowest BCUT2D eigenvalue weighted by molar-refractivity contribution is -0.113. The zero-order valence-corrected chi connectivity index (χ0v) is 16.9. The van der Waals surface area contributed by atoms with Crippen LogP contribution in [0.2, 0.25) is 0 Å². The van der Waals surface area contributed by atoms with Gasteiger partial charge in [0, 0.05) is 24.1 Å². The molecule has 0 N–H and O–H groups in total. The van der Waals surface area contributed by atoms with Crippen LogP contribution in [0, 0.1) is 0 Å². The largest absolute Gasteiger partial charge is 0.335 e. The highest BCUT2D eigenvalue weighted by Crippen LogP contribution is 2.58. The van der Waals surface area contributed by atoms with E-state index in [9.17, 15) is 9.59 Å². The monoisotopic (exact) mass is 425 g/mol. The summed E-state index contributed by atoms with van der Waals surface area (Å²) in [5.41, 5.74) is 1.75. The Morgan fingerprint density at radius 2 is 1.75 bits per heavy atom. The number of thioether (sulfide) groups is 2. The second-order valence-electron chi connectivity index (χ2n) is 5.53. The molecule has 2 aliphatic heterocycles. The van der Waals surface area contributed by atoms with Gasteiger partial charge in [0.25, 0.3) is 0 Å². The Hall–Kier alpha value is -1.25. The SMILES string of the molecule is CC(=O)C1=NN(c2ccc(Br)cc2)C2(S1)SC(C(C)=O)=C(C)N2C. The second-order valence-corrected chi connectivity index (χ2v) is 9.05. The van der Waals surface area contributed by atoms with E-state index in [0.29, 0.717) is 9.95 Å². The van der Waals surface area contributed by atoms with Gasteiger partial charge in [0.05, 0.1) is 10.6 Å². The lowest BCUT2D eigenvalue weighted by atomic mass is 10.3. The number of rotatable bonds is 3. The van der Waals surface area contributed by atoms with Crippen molar-refractivity contribution in [3.8, 4) is 0 Å². The summed E-state index contributed by atoms with van der Waals surface area (Å²) in [6, 6.07) is 7.74. The summed E-state index contributed by atoms with van der Waals surface area (Å²) in [4.78, 5) is 26.6. The number of halogens is 1. The van der Waals surface area contributed by atoms with Gasteiger partial charge in [-0.3, -0.25) is 9.59 Å². The fourth-order valence-corrected chi connectivity index (χ4v) is 5.67. The Bertz CT molecular complexity index is 791. The molecule has 24 heavy (non-hydrogen) atoms. The molecule has 0 aromatic heterocycles. The number of allylic oxidation sites excluding steroid dienone is 2. The molecule has 0 radical (unpaired) electrons. The van der Waals surface area contributed by atoms with Gasteiger partial charge in [0.2, 0.25) is 4.33 Å². The third kappa shape index (κ3) is 2.70. The molecule has 0 amide bonds. The Kier molecular flexibility index (Phi) is 4.57. The standard InChI is InChI=1S/C16H16BrN3O2S2/c1-9-14(10(2)21)23-16(19(9)4)20(18-15(24-16)11(3)22)13-7-5-12(17)6-8-13/h5-8H,1-4H3. The van der Waals surface area contributed by atoms with Crippen LogP contribution in [-0.4, -0.2) is 32.9 Å². The van der Waals surface area contributed by atoms with E-state index in [1.54, 1.807) is 6.92 Å². The molecule has 1 atom stereocenters. The van der Waals surface area contributed by atoms with Crippen molar-refractivity contribution >= 4 is 61.8 Å². The lowest BCUT2D eigenvalue weighted by Gasteiger charge is -2.39. The molecule has 1 unspecified atom stereocenters. The van der Waals surface area contributed by atoms with Crippen LogP contribution in [-0.2, 0) is 9.59 Å². The van der Waals surface area contributed by atoms with Crippen LogP contribution in [0.25, 0.3) is 0 Å². The van der Waals surface area contributed by atoms with Crippen LogP contribution < -0.4 is 5.01 Å². The Morgan fingerprint density at radius 3 is 2.25 bits per heavy atom. The zero-order chi connectivity index (χ0) is 17.6. The summed E-state index contributed by atoms with van der Waals surface area (Å²) < 4.78 is 0.272. The molecule has 2 aliphatic rings. The number of hydrazone groups is 1. The van der Waals surface area contributed by atoms with Crippen LogP contribution in [0.1, 0.15) is 20.8 Å². The molecule has 8 heteroatoms. The van der Waals surface area contributed by atoms with E-state index < -0.39 is 4.33 Å². The number of carbonyl (C=O) groups is 2. The van der Waals surface area contributed by atoms with Crippen molar-refractivity contribution < 1.29 is 9.59 Å². The van der Waals surface area contributed by atoms with Gasteiger partial charge in [-0.1, -0.05) is 27.7 Å². The summed E-state index contributed by atoms with van der Waals surface area (Å²) in [5, 5.41) is 6.81. The number of hydrogen-bond donors (Lipinski definition) is 0. The van der Waals surface area contributed by atoms with Crippen LogP contribution in [0.5, 0.6) is 0 Å².